The van der Waals surface area contributed by atoms with Crippen molar-refractivity contribution in [3.63, 3.8) is 0 Å². The van der Waals surface area contributed by atoms with Crippen molar-refractivity contribution in [2.75, 3.05) is 7.11 Å². The van der Waals surface area contributed by atoms with Crippen LogP contribution in [0.5, 0.6) is 0 Å². The molecule has 0 bridgehead atoms. The molecule has 162 valence electrons. The highest BCUT2D eigenvalue weighted by molar-refractivity contribution is 5.90. The van der Waals surface area contributed by atoms with E-state index in [9.17, 15) is 19.2 Å². The summed E-state index contributed by atoms with van der Waals surface area (Å²) in [4.78, 5) is 59.0. The van der Waals surface area contributed by atoms with E-state index < -0.39 is 52.5 Å². The normalized spacial score (nSPS) is 14.5. The molecular formula is C19H32O9. The van der Waals surface area contributed by atoms with Crippen molar-refractivity contribution in [3.05, 3.63) is 0 Å². The van der Waals surface area contributed by atoms with Crippen LogP contribution >= 0.6 is 0 Å². The lowest BCUT2D eigenvalue weighted by atomic mass is 9.96. The van der Waals surface area contributed by atoms with Crippen molar-refractivity contribution in [2.24, 2.45) is 10.8 Å². The number of methoxy groups -OCH3 is 1. The molecule has 0 aromatic heterocycles. The molecule has 0 aliphatic heterocycles. The van der Waals surface area contributed by atoms with E-state index in [-0.39, 0.29) is 0 Å². The number of rotatable bonds is 6. The van der Waals surface area contributed by atoms with E-state index in [0.29, 0.717) is 0 Å². The SMILES string of the molecule is COC(=O)[C@H](OC(=O)C(C)(C)C)[C@H](OC(=O)C(C)(C)C)C(=O)OOC(C)(C)C. The predicted molar refractivity (Wildman–Crippen MR) is 97.6 cm³/mol. The summed E-state index contributed by atoms with van der Waals surface area (Å²) in [5, 5.41) is 0. The Morgan fingerprint density at radius 2 is 1.00 bits per heavy atom. The average Bonchev–Trinajstić information content (AvgIpc) is 2.51. The van der Waals surface area contributed by atoms with E-state index in [1.807, 2.05) is 0 Å². The van der Waals surface area contributed by atoms with Gasteiger partial charge in [0.05, 0.1) is 17.9 Å². The molecule has 0 fully saturated rings. The lowest BCUT2D eigenvalue weighted by Crippen LogP contribution is -2.49. The van der Waals surface area contributed by atoms with E-state index >= 15 is 0 Å². The van der Waals surface area contributed by atoms with E-state index in [4.69, 9.17) is 19.2 Å². The van der Waals surface area contributed by atoms with Crippen molar-refractivity contribution in [2.45, 2.75) is 80.1 Å². The third-order valence-electron chi connectivity index (χ3n) is 3.01. The topological polar surface area (TPSA) is 114 Å². The van der Waals surface area contributed by atoms with Crippen molar-refractivity contribution >= 4 is 23.9 Å². The maximum absolute atomic E-state index is 12.5. The number of carbonyl (C=O) groups is 4. The second-order valence-electron chi connectivity index (χ2n) is 9.27. The van der Waals surface area contributed by atoms with Gasteiger partial charge in [-0.3, -0.25) is 14.5 Å². The third-order valence-corrected chi connectivity index (χ3v) is 3.01. The third kappa shape index (κ3) is 8.69. The summed E-state index contributed by atoms with van der Waals surface area (Å²) in [6.07, 6.45) is -3.77. The van der Waals surface area contributed by atoms with Crippen molar-refractivity contribution in [1.29, 1.82) is 0 Å². The molecule has 0 aromatic rings. The Hall–Kier alpha value is -2.16. The van der Waals surface area contributed by atoms with E-state index in [0.717, 1.165) is 7.11 Å². The van der Waals surface area contributed by atoms with E-state index in [1.165, 1.54) is 0 Å². The second kappa shape index (κ2) is 9.36. The van der Waals surface area contributed by atoms with Crippen molar-refractivity contribution in [1.82, 2.24) is 0 Å². The second-order valence-corrected chi connectivity index (χ2v) is 9.27. The lowest BCUT2D eigenvalue weighted by molar-refractivity contribution is -0.326. The number of hydrogen-bond donors (Lipinski definition) is 0. The Kier molecular flexibility index (Phi) is 8.64. The first kappa shape index (κ1) is 25.8. The highest BCUT2D eigenvalue weighted by Crippen LogP contribution is 2.23. The van der Waals surface area contributed by atoms with Gasteiger partial charge in [-0.25, -0.2) is 9.59 Å². The van der Waals surface area contributed by atoms with Gasteiger partial charge in [0.15, 0.2) is 0 Å². The van der Waals surface area contributed by atoms with E-state index in [2.05, 4.69) is 4.74 Å². The van der Waals surface area contributed by atoms with E-state index in [1.54, 1.807) is 62.3 Å². The van der Waals surface area contributed by atoms with Gasteiger partial charge >= 0.3 is 23.9 Å². The fourth-order valence-electron chi connectivity index (χ4n) is 1.38. The first-order chi connectivity index (χ1) is 12.4. The minimum Gasteiger partial charge on any atom is -0.466 e. The minimum absolute atomic E-state index is 0.802. The molecule has 28 heavy (non-hydrogen) atoms. The molecular weight excluding hydrogens is 372 g/mol. The molecule has 0 N–H and O–H groups in total. The van der Waals surface area contributed by atoms with Gasteiger partial charge in [0.25, 0.3) is 0 Å². The Morgan fingerprint density at radius 1 is 0.643 bits per heavy atom. The minimum atomic E-state index is -1.91. The predicted octanol–water partition coefficient (Wildman–Crippen LogP) is 2.35. The van der Waals surface area contributed by atoms with Gasteiger partial charge in [-0.15, -0.1) is 0 Å². The molecule has 0 aliphatic rings. The van der Waals surface area contributed by atoms with Crippen LogP contribution in [-0.4, -0.2) is 48.8 Å². The molecule has 0 aromatic carbocycles. The standard InChI is InChI=1S/C19H32O9/c1-17(2,3)15(22)25-11(13(20)24-10)12(26-16(23)18(4,5)6)14(21)27-28-19(7,8)9/h11-12H,1-10H3/t11-,12+/m1/s1. The van der Waals surface area contributed by atoms with Gasteiger partial charge in [0, 0.05) is 0 Å². The van der Waals surface area contributed by atoms with Crippen LogP contribution in [0.4, 0.5) is 0 Å². The quantitative estimate of drug-likeness (QED) is 0.285. The molecule has 0 radical (unpaired) electrons. The molecule has 0 unspecified atom stereocenters. The molecule has 0 saturated heterocycles. The number of carbonyl (C=O) groups excluding carboxylic acids is 4. The first-order valence-electron chi connectivity index (χ1n) is 8.79. The number of hydrogen-bond acceptors (Lipinski definition) is 9. The molecule has 0 spiro atoms. The summed E-state index contributed by atoms with van der Waals surface area (Å²) in [6, 6.07) is 0. The molecule has 9 heteroatoms. The van der Waals surface area contributed by atoms with Crippen LogP contribution in [-0.2, 0) is 43.2 Å². The fourth-order valence-corrected chi connectivity index (χ4v) is 1.38. The number of ether oxygens (including phenoxy) is 3. The highest BCUT2D eigenvalue weighted by Gasteiger charge is 2.46. The van der Waals surface area contributed by atoms with Crippen molar-refractivity contribution < 1.29 is 43.2 Å². The van der Waals surface area contributed by atoms with Gasteiger partial charge in [-0.2, -0.15) is 4.89 Å². The van der Waals surface area contributed by atoms with Crippen LogP contribution in [0.1, 0.15) is 62.3 Å². The summed E-state index contributed by atoms with van der Waals surface area (Å²) in [5.41, 5.74) is -2.86. The highest BCUT2D eigenvalue weighted by atomic mass is 17.2. The summed E-state index contributed by atoms with van der Waals surface area (Å²) in [7, 11) is 1.04. The summed E-state index contributed by atoms with van der Waals surface area (Å²) >= 11 is 0. The molecule has 0 saturated carbocycles. The monoisotopic (exact) mass is 404 g/mol. The molecule has 0 rings (SSSR count). The summed E-state index contributed by atoms with van der Waals surface area (Å²) < 4.78 is 14.9. The first-order valence-corrected chi connectivity index (χ1v) is 8.79. The van der Waals surface area contributed by atoms with Gasteiger partial charge in [-0.1, -0.05) is 0 Å². The Bertz CT molecular complexity index is 588. The maximum atomic E-state index is 12.5. The van der Waals surface area contributed by atoms with Gasteiger partial charge in [0.2, 0.25) is 12.2 Å². The zero-order chi connectivity index (χ0) is 22.5. The van der Waals surface area contributed by atoms with Crippen LogP contribution in [0, 0.1) is 10.8 Å². The van der Waals surface area contributed by atoms with Crippen LogP contribution < -0.4 is 0 Å². The van der Waals surface area contributed by atoms with Crippen LogP contribution in [0.15, 0.2) is 0 Å². The van der Waals surface area contributed by atoms with Crippen LogP contribution in [0.2, 0.25) is 0 Å². The lowest BCUT2D eigenvalue weighted by Gasteiger charge is -2.28. The van der Waals surface area contributed by atoms with Crippen LogP contribution in [0.3, 0.4) is 0 Å². The molecule has 0 heterocycles. The Balaban J connectivity index is 5.88. The maximum Gasteiger partial charge on any atom is 0.387 e. The van der Waals surface area contributed by atoms with Crippen molar-refractivity contribution in [3.8, 4) is 0 Å². The Morgan fingerprint density at radius 3 is 1.29 bits per heavy atom. The summed E-state index contributed by atoms with van der Waals surface area (Å²) in [5.74, 6) is -3.92. The molecule has 0 amide bonds. The molecule has 0 aliphatic carbocycles. The smallest absolute Gasteiger partial charge is 0.387 e. The Labute approximate surface area is 165 Å². The average molecular weight is 404 g/mol. The molecule has 2 atom stereocenters. The van der Waals surface area contributed by atoms with Gasteiger partial charge in [-0.05, 0) is 62.3 Å². The zero-order valence-corrected chi connectivity index (χ0v) is 18.3. The van der Waals surface area contributed by atoms with Gasteiger partial charge < -0.3 is 14.2 Å². The fraction of sp³-hybridized carbons (Fsp3) is 0.789. The van der Waals surface area contributed by atoms with Gasteiger partial charge in [0.1, 0.15) is 5.60 Å². The van der Waals surface area contributed by atoms with Crippen LogP contribution in [0.25, 0.3) is 0 Å². The molecule has 9 nitrogen and oxygen atoms in total. The summed E-state index contributed by atoms with van der Waals surface area (Å²) in [6.45, 7) is 14.2. The largest absolute Gasteiger partial charge is 0.466 e. The number of esters is 3. The zero-order valence-electron chi connectivity index (χ0n) is 18.3.